The number of nitrogens with one attached hydrogen (secondary N) is 1. The van der Waals surface area contributed by atoms with Gasteiger partial charge in [-0.2, -0.15) is 0 Å². The number of rotatable bonds is 7. The molecule has 1 rings (SSSR count). The summed E-state index contributed by atoms with van der Waals surface area (Å²) >= 11 is 0. The summed E-state index contributed by atoms with van der Waals surface area (Å²) in [5.41, 5.74) is 1.17. The molecule has 0 radical (unpaired) electrons. The van der Waals surface area contributed by atoms with E-state index in [4.69, 9.17) is 4.74 Å². The Morgan fingerprint density at radius 3 is 2.71 bits per heavy atom. The molecule has 96 valence electrons. The van der Waals surface area contributed by atoms with E-state index in [0.29, 0.717) is 6.04 Å². The Morgan fingerprint density at radius 2 is 2.12 bits per heavy atom. The van der Waals surface area contributed by atoms with E-state index in [9.17, 15) is 0 Å². The zero-order chi connectivity index (χ0) is 12.7. The van der Waals surface area contributed by atoms with Gasteiger partial charge in [0.15, 0.2) is 0 Å². The van der Waals surface area contributed by atoms with Crippen molar-refractivity contribution in [3.8, 4) is 5.75 Å². The van der Waals surface area contributed by atoms with Crippen molar-refractivity contribution in [1.82, 2.24) is 5.32 Å². The summed E-state index contributed by atoms with van der Waals surface area (Å²) in [7, 11) is 6.05. The first-order chi connectivity index (χ1) is 8.17. The fraction of sp³-hybridized carbons (Fsp3) is 0.571. The zero-order valence-electron chi connectivity index (χ0n) is 11.4. The Bertz CT molecular complexity index is 326. The molecule has 1 atom stereocenters. The second-order valence-electron chi connectivity index (χ2n) is 4.48. The van der Waals surface area contributed by atoms with E-state index < -0.39 is 0 Å². The third kappa shape index (κ3) is 4.65. The second kappa shape index (κ2) is 7.17. The Hall–Kier alpha value is -1.22. The number of nitrogens with zero attached hydrogens (tertiary/aromatic N) is 1. The lowest BCUT2D eigenvalue weighted by Crippen LogP contribution is -2.31. The number of benzene rings is 1. The highest BCUT2D eigenvalue weighted by molar-refractivity contribution is 5.49. The molecule has 0 saturated carbocycles. The number of ether oxygens (including phenoxy) is 1. The molecule has 3 heteroatoms. The summed E-state index contributed by atoms with van der Waals surface area (Å²) < 4.78 is 5.81. The molecule has 0 spiro atoms. The van der Waals surface area contributed by atoms with Gasteiger partial charge in [0.05, 0.1) is 0 Å². The number of likely N-dealkylation sites (N-methyl/N-ethyl adjacent to an activating group) is 1. The van der Waals surface area contributed by atoms with Crippen LogP contribution in [0.5, 0.6) is 5.75 Å². The Morgan fingerprint density at radius 1 is 1.35 bits per heavy atom. The average molecular weight is 236 g/mol. The van der Waals surface area contributed by atoms with Gasteiger partial charge in [0.1, 0.15) is 12.4 Å². The molecular formula is C14H24N2O. The Kier molecular flexibility index (Phi) is 5.84. The monoisotopic (exact) mass is 236 g/mol. The molecule has 0 aliphatic rings. The molecule has 17 heavy (non-hydrogen) atoms. The minimum atomic E-state index is 0.433. The normalized spacial score (nSPS) is 12.2. The van der Waals surface area contributed by atoms with Crippen LogP contribution in [-0.4, -0.2) is 33.8 Å². The summed E-state index contributed by atoms with van der Waals surface area (Å²) in [6.07, 6.45) is 2.32. The highest BCUT2D eigenvalue weighted by Crippen LogP contribution is 2.19. The molecule has 1 aromatic carbocycles. The van der Waals surface area contributed by atoms with Crippen molar-refractivity contribution in [3.05, 3.63) is 24.3 Å². The second-order valence-corrected chi connectivity index (χ2v) is 4.48. The summed E-state index contributed by atoms with van der Waals surface area (Å²) in [6, 6.07) is 8.61. The van der Waals surface area contributed by atoms with E-state index in [2.05, 4.69) is 29.3 Å². The van der Waals surface area contributed by atoms with Gasteiger partial charge in [0, 0.05) is 31.9 Å². The van der Waals surface area contributed by atoms with Crippen LogP contribution in [0.4, 0.5) is 5.69 Å². The quantitative estimate of drug-likeness (QED) is 0.787. The van der Waals surface area contributed by atoms with E-state index >= 15 is 0 Å². The third-order valence-corrected chi connectivity index (χ3v) is 2.83. The maximum absolute atomic E-state index is 5.81. The van der Waals surface area contributed by atoms with E-state index in [1.165, 1.54) is 12.1 Å². The maximum atomic E-state index is 5.81. The molecule has 1 aromatic rings. The highest BCUT2D eigenvalue weighted by atomic mass is 16.5. The third-order valence-electron chi connectivity index (χ3n) is 2.83. The molecule has 1 N–H and O–H groups in total. The molecule has 0 aliphatic carbocycles. The van der Waals surface area contributed by atoms with Crippen molar-refractivity contribution >= 4 is 5.69 Å². The smallest absolute Gasteiger partial charge is 0.121 e. The van der Waals surface area contributed by atoms with Crippen LogP contribution in [0.25, 0.3) is 0 Å². The van der Waals surface area contributed by atoms with Gasteiger partial charge in [0.2, 0.25) is 0 Å². The summed E-state index contributed by atoms with van der Waals surface area (Å²) in [5.74, 6) is 0.938. The number of hydrogen-bond donors (Lipinski definition) is 1. The predicted molar refractivity (Wildman–Crippen MR) is 74.0 cm³/mol. The first kappa shape index (κ1) is 13.8. The van der Waals surface area contributed by atoms with Crippen LogP contribution in [0.15, 0.2) is 24.3 Å². The van der Waals surface area contributed by atoms with Gasteiger partial charge < -0.3 is 15.0 Å². The molecular weight excluding hydrogens is 212 g/mol. The van der Waals surface area contributed by atoms with Crippen LogP contribution < -0.4 is 15.0 Å². The van der Waals surface area contributed by atoms with Crippen LogP contribution in [0.2, 0.25) is 0 Å². The molecule has 1 unspecified atom stereocenters. The van der Waals surface area contributed by atoms with Crippen LogP contribution in [-0.2, 0) is 0 Å². The maximum Gasteiger partial charge on any atom is 0.121 e. The van der Waals surface area contributed by atoms with Crippen molar-refractivity contribution in [2.24, 2.45) is 0 Å². The highest BCUT2D eigenvalue weighted by Gasteiger charge is 2.06. The van der Waals surface area contributed by atoms with E-state index in [0.717, 1.165) is 18.8 Å². The van der Waals surface area contributed by atoms with Crippen LogP contribution in [0.1, 0.15) is 19.8 Å². The van der Waals surface area contributed by atoms with Crippen molar-refractivity contribution in [2.75, 3.05) is 32.6 Å². The fourth-order valence-electron chi connectivity index (χ4n) is 1.71. The zero-order valence-corrected chi connectivity index (χ0v) is 11.4. The standard InChI is InChI=1S/C14H24N2O/c1-5-7-12(15-2)11-17-14-9-6-8-13(10-14)16(3)4/h6,8-10,12,15H,5,7,11H2,1-4H3. The predicted octanol–water partition coefficient (Wildman–Crippen LogP) is 2.52. The molecule has 0 fully saturated rings. The van der Waals surface area contributed by atoms with E-state index in [-0.39, 0.29) is 0 Å². The first-order valence-corrected chi connectivity index (χ1v) is 6.24. The van der Waals surface area contributed by atoms with Gasteiger partial charge >= 0.3 is 0 Å². The van der Waals surface area contributed by atoms with E-state index in [1.807, 2.05) is 33.3 Å². The van der Waals surface area contributed by atoms with Crippen molar-refractivity contribution in [2.45, 2.75) is 25.8 Å². The lowest BCUT2D eigenvalue weighted by atomic mass is 10.2. The largest absolute Gasteiger partial charge is 0.492 e. The molecule has 3 nitrogen and oxygen atoms in total. The van der Waals surface area contributed by atoms with Gasteiger partial charge in [-0.3, -0.25) is 0 Å². The number of anilines is 1. The average Bonchev–Trinajstić information content (AvgIpc) is 2.34. The minimum absolute atomic E-state index is 0.433. The minimum Gasteiger partial charge on any atom is -0.492 e. The molecule has 0 amide bonds. The van der Waals surface area contributed by atoms with Gasteiger partial charge in [-0.15, -0.1) is 0 Å². The summed E-state index contributed by atoms with van der Waals surface area (Å²) in [4.78, 5) is 2.08. The molecule has 0 saturated heterocycles. The number of hydrogen-bond acceptors (Lipinski definition) is 3. The van der Waals surface area contributed by atoms with Gasteiger partial charge in [-0.1, -0.05) is 19.4 Å². The lowest BCUT2D eigenvalue weighted by Gasteiger charge is -2.18. The van der Waals surface area contributed by atoms with Crippen LogP contribution in [0.3, 0.4) is 0 Å². The van der Waals surface area contributed by atoms with E-state index in [1.54, 1.807) is 0 Å². The fourth-order valence-corrected chi connectivity index (χ4v) is 1.71. The first-order valence-electron chi connectivity index (χ1n) is 6.24. The van der Waals surface area contributed by atoms with Crippen molar-refractivity contribution in [1.29, 1.82) is 0 Å². The molecule has 0 bridgehead atoms. The van der Waals surface area contributed by atoms with Gasteiger partial charge in [0.25, 0.3) is 0 Å². The van der Waals surface area contributed by atoms with Crippen LogP contribution in [0, 0.1) is 0 Å². The summed E-state index contributed by atoms with van der Waals surface area (Å²) in [6.45, 7) is 2.91. The molecule has 0 aromatic heterocycles. The van der Waals surface area contributed by atoms with Gasteiger partial charge in [-0.25, -0.2) is 0 Å². The lowest BCUT2D eigenvalue weighted by molar-refractivity contribution is 0.263. The Labute approximate surface area is 105 Å². The topological polar surface area (TPSA) is 24.5 Å². The molecule has 0 aliphatic heterocycles. The van der Waals surface area contributed by atoms with Gasteiger partial charge in [-0.05, 0) is 25.6 Å². The van der Waals surface area contributed by atoms with Crippen LogP contribution >= 0.6 is 0 Å². The molecule has 0 heterocycles. The van der Waals surface area contributed by atoms with Crippen molar-refractivity contribution < 1.29 is 4.74 Å². The SMILES string of the molecule is CCCC(COc1cccc(N(C)C)c1)NC. The Balaban J connectivity index is 2.53. The summed E-state index contributed by atoms with van der Waals surface area (Å²) in [5, 5.41) is 3.28. The van der Waals surface area contributed by atoms with Crippen molar-refractivity contribution in [3.63, 3.8) is 0 Å².